The molecule has 0 fully saturated rings. The molecule has 3 rings (SSSR count). The number of hydrogen-bond donors (Lipinski definition) is 2. The second kappa shape index (κ2) is 5.20. The zero-order chi connectivity index (χ0) is 14.8. The van der Waals surface area contributed by atoms with Crippen molar-refractivity contribution in [3.63, 3.8) is 0 Å². The number of aromatic nitrogens is 3. The molecule has 0 spiro atoms. The molecule has 0 amide bonds. The third-order valence-corrected chi connectivity index (χ3v) is 3.07. The van der Waals surface area contributed by atoms with Crippen LogP contribution in [0.1, 0.15) is 11.3 Å². The van der Waals surface area contributed by atoms with Crippen LogP contribution in [-0.2, 0) is 6.42 Å². The highest BCUT2D eigenvalue weighted by atomic mass is 19.1. The molecule has 2 aromatic heterocycles. The quantitative estimate of drug-likeness (QED) is 0.568. The Balaban J connectivity index is 2.05. The van der Waals surface area contributed by atoms with E-state index in [4.69, 9.17) is 15.7 Å². The fraction of sp³-hybridized carbons (Fsp3) is 0.0714. The van der Waals surface area contributed by atoms with Crippen LogP contribution < -0.4 is 5.73 Å². The van der Waals surface area contributed by atoms with Crippen LogP contribution in [-0.4, -0.2) is 20.9 Å². The van der Waals surface area contributed by atoms with Crippen LogP contribution >= 0.6 is 0 Å². The van der Waals surface area contributed by atoms with Crippen molar-refractivity contribution >= 4 is 5.96 Å². The maximum atomic E-state index is 13.8. The van der Waals surface area contributed by atoms with Crippen LogP contribution in [0.15, 0.2) is 47.3 Å². The summed E-state index contributed by atoms with van der Waals surface area (Å²) in [5.41, 5.74) is 7.74. The molecule has 0 saturated heterocycles. The van der Waals surface area contributed by atoms with Crippen molar-refractivity contribution in [1.82, 2.24) is 14.9 Å². The van der Waals surface area contributed by atoms with E-state index >= 15 is 0 Å². The van der Waals surface area contributed by atoms with Crippen molar-refractivity contribution < 1.29 is 8.91 Å². The molecule has 0 aliphatic heterocycles. The molecule has 21 heavy (non-hydrogen) atoms. The summed E-state index contributed by atoms with van der Waals surface area (Å²) in [7, 11) is 0. The van der Waals surface area contributed by atoms with Gasteiger partial charge < -0.3 is 10.3 Å². The van der Waals surface area contributed by atoms with Crippen LogP contribution in [0, 0.1) is 11.2 Å². The molecule has 106 valence electrons. The van der Waals surface area contributed by atoms with Gasteiger partial charge in [-0.3, -0.25) is 5.41 Å². The summed E-state index contributed by atoms with van der Waals surface area (Å²) < 4.78 is 19.8. The standard InChI is InChI=1S/C14H12FN5O/c15-11-4-2-1-3-9(11)7-13-10(12-5-6-21-19-12)8-20(18-13)14(16)17/h1-6,8H,7H2,(H3,16,17). The molecule has 3 N–H and O–H groups in total. The van der Waals surface area contributed by atoms with Crippen molar-refractivity contribution in [3.8, 4) is 11.3 Å². The van der Waals surface area contributed by atoms with Gasteiger partial charge in [0, 0.05) is 24.2 Å². The number of nitrogens with one attached hydrogen (secondary N) is 1. The summed E-state index contributed by atoms with van der Waals surface area (Å²) in [5, 5.41) is 15.5. The number of hydrogen-bond acceptors (Lipinski definition) is 4. The van der Waals surface area contributed by atoms with Gasteiger partial charge in [-0.15, -0.1) is 0 Å². The Morgan fingerprint density at radius 3 is 2.81 bits per heavy atom. The zero-order valence-electron chi connectivity index (χ0n) is 11.0. The predicted molar refractivity (Wildman–Crippen MR) is 74.2 cm³/mol. The number of halogens is 1. The van der Waals surface area contributed by atoms with Gasteiger partial charge in [0.15, 0.2) is 0 Å². The van der Waals surface area contributed by atoms with Gasteiger partial charge in [0.05, 0.1) is 5.69 Å². The second-order valence-corrected chi connectivity index (χ2v) is 4.47. The Kier molecular flexibility index (Phi) is 3.23. The monoisotopic (exact) mass is 285 g/mol. The number of nitrogen functional groups attached to an aromatic ring is 1. The fourth-order valence-corrected chi connectivity index (χ4v) is 2.05. The number of rotatable bonds is 3. The summed E-state index contributed by atoms with van der Waals surface area (Å²) in [6.45, 7) is 0. The minimum atomic E-state index is -0.305. The largest absolute Gasteiger partial charge is 0.368 e. The van der Waals surface area contributed by atoms with Crippen molar-refractivity contribution in [1.29, 1.82) is 5.41 Å². The van der Waals surface area contributed by atoms with Gasteiger partial charge in [0.25, 0.3) is 0 Å². The van der Waals surface area contributed by atoms with Crippen molar-refractivity contribution in [2.75, 3.05) is 0 Å². The minimum absolute atomic E-state index is 0.223. The Bertz CT molecular complexity index is 779. The van der Waals surface area contributed by atoms with Crippen LogP contribution in [0.4, 0.5) is 4.39 Å². The summed E-state index contributed by atoms with van der Waals surface area (Å²) in [6, 6.07) is 8.15. The smallest absolute Gasteiger partial charge is 0.213 e. The van der Waals surface area contributed by atoms with Gasteiger partial charge in [-0.25, -0.2) is 9.07 Å². The lowest BCUT2D eigenvalue weighted by molar-refractivity contribution is 0.422. The molecule has 0 aliphatic carbocycles. The van der Waals surface area contributed by atoms with E-state index in [-0.39, 0.29) is 18.2 Å². The molecule has 0 radical (unpaired) electrons. The summed E-state index contributed by atoms with van der Waals surface area (Å²) in [4.78, 5) is 0. The van der Waals surface area contributed by atoms with Crippen LogP contribution in [0.3, 0.4) is 0 Å². The van der Waals surface area contributed by atoms with E-state index in [9.17, 15) is 4.39 Å². The first-order valence-electron chi connectivity index (χ1n) is 6.22. The van der Waals surface area contributed by atoms with Crippen LogP contribution in [0.5, 0.6) is 0 Å². The van der Waals surface area contributed by atoms with Gasteiger partial charge in [0.2, 0.25) is 5.96 Å². The SMILES string of the molecule is N=C(N)n1cc(-c2ccon2)c(Cc2ccccc2F)n1. The molecular weight excluding hydrogens is 273 g/mol. The molecule has 3 aromatic rings. The molecule has 0 atom stereocenters. The molecule has 6 nitrogen and oxygen atoms in total. The third kappa shape index (κ3) is 2.53. The minimum Gasteiger partial charge on any atom is -0.368 e. The Morgan fingerprint density at radius 2 is 2.14 bits per heavy atom. The second-order valence-electron chi connectivity index (χ2n) is 4.47. The highest BCUT2D eigenvalue weighted by Gasteiger charge is 2.16. The molecule has 0 aliphatic rings. The first-order chi connectivity index (χ1) is 10.1. The molecule has 0 bridgehead atoms. The van der Waals surface area contributed by atoms with E-state index in [0.29, 0.717) is 22.5 Å². The first-order valence-corrected chi connectivity index (χ1v) is 6.22. The lowest BCUT2D eigenvalue weighted by Gasteiger charge is -2.02. The predicted octanol–water partition coefficient (Wildman–Crippen LogP) is 2.01. The highest BCUT2D eigenvalue weighted by Crippen LogP contribution is 2.24. The summed E-state index contributed by atoms with van der Waals surface area (Å²) in [5.74, 6) is -0.527. The topological polar surface area (TPSA) is 93.7 Å². The van der Waals surface area contributed by atoms with Gasteiger partial charge in [-0.2, -0.15) is 5.10 Å². The van der Waals surface area contributed by atoms with E-state index in [2.05, 4.69) is 10.3 Å². The van der Waals surface area contributed by atoms with E-state index in [1.807, 2.05) is 0 Å². The number of nitrogens with two attached hydrogens (primary N) is 1. The van der Waals surface area contributed by atoms with E-state index in [0.717, 1.165) is 0 Å². The average molecular weight is 285 g/mol. The highest BCUT2D eigenvalue weighted by molar-refractivity contribution is 5.78. The zero-order valence-corrected chi connectivity index (χ0v) is 11.0. The Labute approximate surface area is 119 Å². The van der Waals surface area contributed by atoms with E-state index < -0.39 is 0 Å². The van der Waals surface area contributed by atoms with Gasteiger partial charge in [-0.05, 0) is 11.6 Å². The van der Waals surface area contributed by atoms with Crippen molar-refractivity contribution in [2.45, 2.75) is 6.42 Å². The van der Waals surface area contributed by atoms with Gasteiger partial charge in [-0.1, -0.05) is 23.4 Å². The number of benzene rings is 1. The molecular formula is C14H12FN5O. The van der Waals surface area contributed by atoms with Gasteiger partial charge >= 0.3 is 0 Å². The maximum Gasteiger partial charge on any atom is 0.213 e. The van der Waals surface area contributed by atoms with Gasteiger partial charge in [0.1, 0.15) is 17.8 Å². The Hall–Kier alpha value is -2.96. The molecule has 0 unspecified atom stereocenters. The first kappa shape index (κ1) is 13.0. The average Bonchev–Trinajstić information content (AvgIpc) is 3.10. The molecule has 7 heteroatoms. The van der Waals surface area contributed by atoms with E-state index in [1.54, 1.807) is 30.5 Å². The van der Waals surface area contributed by atoms with Crippen LogP contribution in [0.25, 0.3) is 11.3 Å². The third-order valence-electron chi connectivity index (χ3n) is 3.07. The molecule has 1 aromatic carbocycles. The molecule has 2 heterocycles. The Morgan fingerprint density at radius 1 is 1.33 bits per heavy atom. The summed E-state index contributed by atoms with van der Waals surface area (Å²) >= 11 is 0. The van der Waals surface area contributed by atoms with Crippen LogP contribution in [0.2, 0.25) is 0 Å². The van der Waals surface area contributed by atoms with Crippen molar-refractivity contribution in [2.24, 2.45) is 5.73 Å². The lowest BCUT2D eigenvalue weighted by Crippen LogP contribution is -2.21. The normalized spacial score (nSPS) is 10.7. The van der Waals surface area contributed by atoms with E-state index in [1.165, 1.54) is 17.0 Å². The maximum absolute atomic E-state index is 13.8. The number of nitrogens with zero attached hydrogens (tertiary/aromatic N) is 3. The summed E-state index contributed by atoms with van der Waals surface area (Å²) in [6.07, 6.45) is 3.29. The lowest BCUT2D eigenvalue weighted by atomic mass is 10.1. The fourth-order valence-electron chi connectivity index (χ4n) is 2.05. The van der Waals surface area contributed by atoms with Crippen molar-refractivity contribution in [3.05, 3.63) is 59.9 Å². The molecule has 0 saturated carbocycles.